The molecule has 146 valence electrons. The van der Waals surface area contributed by atoms with Crippen LogP contribution in [0.25, 0.3) is 10.2 Å². The molecule has 4 nitrogen and oxygen atoms in total. The van der Waals surface area contributed by atoms with E-state index >= 15 is 0 Å². The summed E-state index contributed by atoms with van der Waals surface area (Å²) < 4.78 is 28.6. The van der Waals surface area contributed by atoms with E-state index in [-0.39, 0.29) is 12.1 Å². The third kappa shape index (κ3) is 3.86. The number of amides is 1. The highest BCUT2D eigenvalue weighted by Gasteiger charge is 2.25. The number of aryl methyl sites for hydroxylation is 2. The Morgan fingerprint density at radius 3 is 2.69 bits per heavy atom. The van der Waals surface area contributed by atoms with Crippen LogP contribution < -0.4 is 4.90 Å². The van der Waals surface area contributed by atoms with Crippen LogP contribution in [0.3, 0.4) is 0 Å². The summed E-state index contributed by atoms with van der Waals surface area (Å²) in [5.41, 5.74) is 3.48. The van der Waals surface area contributed by atoms with Gasteiger partial charge >= 0.3 is 0 Å². The van der Waals surface area contributed by atoms with Crippen LogP contribution in [0.5, 0.6) is 0 Å². The first-order valence-corrected chi connectivity index (χ1v) is 9.77. The lowest BCUT2D eigenvalue weighted by Crippen LogP contribution is -2.31. The summed E-state index contributed by atoms with van der Waals surface area (Å²) in [4.78, 5) is 23.3. The van der Waals surface area contributed by atoms with Crippen LogP contribution in [-0.4, -0.2) is 15.9 Å². The summed E-state index contributed by atoms with van der Waals surface area (Å²) in [6.07, 6.45) is 3.28. The second-order valence-corrected chi connectivity index (χ2v) is 7.78. The highest BCUT2D eigenvalue weighted by Crippen LogP contribution is 2.33. The van der Waals surface area contributed by atoms with Crippen LogP contribution in [0.15, 0.2) is 54.9 Å². The first-order chi connectivity index (χ1) is 13.9. The van der Waals surface area contributed by atoms with Gasteiger partial charge in [0.15, 0.2) is 5.13 Å². The number of thiazole rings is 1. The van der Waals surface area contributed by atoms with Crippen LogP contribution in [-0.2, 0) is 6.54 Å². The fourth-order valence-electron chi connectivity index (χ4n) is 3.19. The zero-order chi connectivity index (χ0) is 20.5. The van der Waals surface area contributed by atoms with E-state index in [1.807, 2.05) is 26.0 Å². The number of anilines is 1. The van der Waals surface area contributed by atoms with Crippen LogP contribution >= 0.6 is 11.3 Å². The van der Waals surface area contributed by atoms with Gasteiger partial charge in [-0.05, 0) is 54.8 Å². The van der Waals surface area contributed by atoms with Crippen LogP contribution in [0.1, 0.15) is 27.0 Å². The van der Waals surface area contributed by atoms with E-state index in [1.54, 1.807) is 18.5 Å². The largest absolute Gasteiger partial charge is 0.279 e. The van der Waals surface area contributed by atoms with Gasteiger partial charge in [-0.25, -0.2) is 13.8 Å². The van der Waals surface area contributed by atoms with E-state index in [0.717, 1.165) is 39.0 Å². The summed E-state index contributed by atoms with van der Waals surface area (Å²) in [5.74, 6) is -2.22. The van der Waals surface area contributed by atoms with Crippen molar-refractivity contribution in [2.75, 3.05) is 4.90 Å². The Morgan fingerprint density at radius 2 is 1.97 bits per heavy atom. The van der Waals surface area contributed by atoms with Crippen molar-refractivity contribution in [3.8, 4) is 0 Å². The van der Waals surface area contributed by atoms with Crippen molar-refractivity contribution in [3.05, 3.63) is 88.7 Å². The van der Waals surface area contributed by atoms with E-state index in [2.05, 4.69) is 16.0 Å². The van der Waals surface area contributed by atoms with Crippen molar-refractivity contribution in [1.82, 2.24) is 9.97 Å². The number of fused-ring (bicyclic) bond motifs is 1. The molecule has 0 unspecified atom stereocenters. The SMILES string of the molecule is Cc1cc(C)c2sc(N(Cc3cccnc3)C(=O)c3ccc(F)cc3F)nc2c1. The molecule has 0 saturated carbocycles. The van der Waals surface area contributed by atoms with Gasteiger partial charge in [-0.1, -0.05) is 23.5 Å². The van der Waals surface area contributed by atoms with Crippen molar-refractivity contribution in [3.63, 3.8) is 0 Å². The molecule has 4 aromatic rings. The Balaban J connectivity index is 1.82. The lowest BCUT2D eigenvalue weighted by Gasteiger charge is -2.20. The van der Waals surface area contributed by atoms with E-state index in [1.165, 1.54) is 16.2 Å². The quantitative estimate of drug-likeness (QED) is 0.451. The normalized spacial score (nSPS) is 11.0. The average Bonchev–Trinajstić information content (AvgIpc) is 3.10. The van der Waals surface area contributed by atoms with E-state index in [4.69, 9.17) is 0 Å². The van der Waals surface area contributed by atoms with Gasteiger partial charge in [0.2, 0.25) is 0 Å². The van der Waals surface area contributed by atoms with Crippen molar-refractivity contribution < 1.29 is 13.6 Å². The number of nitrogens with zero attached hydrogens (tertiary/aromatic N) is 3. The second kappa shape index (κ2) is 7.67. The number of carbonyl (C=O) groups is 1. The zero-order valence-electron chi connectivity index (χ0n) is 15.8. The number of rotatable bonds is 4. The third-order valence-electron chi connectivity index (χ3n) is 4.51. The number of pyridine rings is 1. The lowest BCUT2D eigenvalue weighted by atomic mass is 10.1. The van der Waals surface area contributed by atoms with Gasteiger partial charge in [-0.3, -0.25) is 14.7 Å². The molecule has 0 aliphatic heterocycles. The molecule has 2 aromatic carbocycles. The minimum absolute atomic E-state index is 0.168. The van der Waals surface area contributed by atoms with E-state index in [9.17, 15) is 13.6 Å². The number of hydrogen-bond donors (Lipinski definition) is 0. The molecule has 0 N–H and O–H groups in total. The van der Waals surface area contributed by atoms with Gasteiger partial charge in [0.1, 0.15) is 11.6 Å². The molecule has 0 aliphatic carbocycles. The Hall–Kier alpha value is -3.19. The van der Waals surface area contributed by atoms with Crippen molar-refractivity contribution in [2.24, 2.45) is 0 Å². The third-order valence-corrected chi connectivity index (χ3v) is 5.74. The topological polar surface area (TPSA) is 46.1 Å². The van der Waals surface area contributed by atoms with Gasteiger partial charge in [0.05, 0.1) is 22.3 Å². The number of halogens is 2. The first kappa shape index (κ1) is 19.1. The highest BCUT2D eigenvalue weighted by atomic mass is 32.1. The Labute approximate surface area is 170 Å². The molecule has 0 aliphatic rings. The molecule has 0 fully saturated rings. The maximum absolute atomic E-state index is 14.3. The van der Waals surface area contributed by atoms with Crippen LogP contribution in [0.4, 0.5) is 13.9 Å². The van der Waals surface area contributed by atoms with Gasteiger partial charge in [0.25, 0.3) is 5.91 Å². The number of benzene rings is 2. The summed E-state index contributed by atoms with van der Waals surface area (Å²) in [5, 5.41) is 0.450. The Kier molecular flexibility index (Phi) is 5.07. The highest BCUT2D eigenvalue weighted by molar-refractivity contribution is 7.22. The minimum atomic E-state index is -0.903. The molecule has 2 heterocycles. The minimum Gasteiger partial charge on any atom is -0.279 e. The van der Waals surface area contributed by atoms with Crippen molar-refractivity contribution >= 4 is 32.6 Å². The van der Waals surface area contributed by atoms with Crippen molar-refractivity contribution in [1.29, 1.82) is 0 Å². The molecule has 7 heteroatoms. The van der Waals surface area contributed by atoms with Crippen LogP contribution in [0.2, 0.25) is 0 Å². The standard InChI is InChI=1S/C22H17F2N3OS/c1-13-8-14(2)20-19(9-13)26-22(29-20)27(12-15-4-3-7-25-11-15)21(28)17-6-5-16(23)10-18(17)24/h3-11H,12H2,1-2H3. The molecule has 1 amide bonds. The molecular weight excluding hydrogens is 392 g/mol. The summed E-state index contributed by atoms with van der Waals surface area (Å²) in [7, 11) is 0. The molecule has 4 rings (SSSR count). The summed E-state index contributed by atoms with van der Waals surface area (Å²) >= 11 is 1.37. The molecule has 2 aromatic heterocycles. The molecular formula is C22H17F2N3OS. The predicted octanol–water partition coefficient (Wildman–Crippen LogP) is 5.43. The monoisotopic (exact) mass is 409 g/mol. The predicted molar refractivity (Wildman–Crippen MR) is 110 cm³/mol. The molecule has 0 radical (unpaired) electrons. The lowest BCUT2D eigenvalue weighted by molar-refractivity contribution is 0.0981. The molecule has 0 spiro atoms. The first-order valence-electron chi connectivity index (χ1n) is 8.96. The summed E-state index contributed by atoms with van der Waals surface area (Å²) in [6, 6.07) is 10.5. The average molecular weight is 409 g/mol. The maximum atomic E-state index is 14.3. The Morgan fingerprint density at radius 1 is 1.14 bits per heavy atom. The van der Waals surface area contributed by atoms with Crippen LogP contribution in [0, 0.1) is 25.5 Å². The zero-order valence-corrected chi connectivity index (χ0v) is 16.6. The number of aromatic nitrogens is 2. The van der Waals surface area contributed by atoms with E-state index in [0.29, 0.717) is 11.2 Å². The molecule has 29 heavy (non-hydrogen) atoms. The smallest absolute Gasteiger partial charge is 0.263 e. The molecule has 0 saturated heterocycles. The number of carbonyl (C=O) groups excluding carboxylic acids is 1. The van der Waals surface area contributed by atoms with Gasteiger partial charge in [-0.2, -0.15) is 0 Å². The maximum Gasteiger partial charge on any atom is 0.263 e. The molecule has 0 atom stereocenters. The van der Waals surface area contributed by atoms with Gasteiger partial charge in [-0.15, -0.1) is 0 Å². The van der Waals surface area contributed by atoms with E-state index < -0.39 is 17.5 Å². The molecule has 0 bridgehead atoms. The Bertz CT molecular complexity index is 1210. The second-order valence-electron chi connectivity index (χ2n) is 6.80. The number of hydrogen-bond acceptors (Lipinski definition) is 4. The summed E-state index contributed by atoms with van der Waals surface area (Å²) in [6.45, 7) is 4.14. The van der Waals surface area contributed by atoms with Gasteiger partial charge < -0.3 is 0 Å². The van der Waals surface area contributed by atoms with Gasteiger partial charge in [0, 0.05) is 18.5 Å². The fourth-order valence-corrected chi connectivity index (χ4v) is 4.20. The van der Waals surface area contributed by atoms with Crippen molar-refractivity contribution in [2.45, 2.75) is 20.4 Å². The fraction of sp³-hybridized carbons (Fsp3) is 0.136.